The lowest BCUT2D eigenvalue weighted by Crippen LogP contribution is -2.55. The topological polar surface area (TPSA) is 80.0 Å². The minimum atomic E-state index is -0.596. The van der Waals surface area contributed by atoms with E-state index < -0.39 is 5.60 Å². The van der Waals surface area contributed by atoms with Crippen molar-refractivity contribution >= 4 is 16.9 Å². The van der Waals surface area contributed by atoms with Crippen LogP contribution >= 0.6 is 0 Å². The Hall–Kier alpha value is -2.34. The van der Waals surface area contributed by atoms with E-state index in [9.17, 15) is 14.7 Å². The third-order valence-corrected chi connectivity index (χ3v) is 7.72. The van der Waals surface area contributed by atoms with E-state index in [4.69, 9.17) is 9.15 Å². The van der Waals surface area contributed by atoms with Gasteiger partial charge in [-0.1, -0.05) is 12.8 Å². The predicted octanol–water partition coefficient (Wildman–Crippen LogP) is 3.51. The summed E-state index contributed by atoms with van der Waals surface area (Å²) in [5.74, 6) is 0.687. The van der Waals surface area contributed by atoms with E-state index in [1.54, 1.807) is 0 Å². The summed E-state index contributed by atoms with van der Waals surface area (Å²) in [6, 6.07) is 3.84. The molecule has 2 fully saturated rings. The van der Waals surface area contributed by atoms with E-state index in [0.29, 0.717) is 30.8 Å². The Labute approximate surface area is 182 Å². The highest BCUT2D eigenvalue weighted by Gasteiger charge is 2.43. The van der Waals surface area contributed by atoms with Gasteiger partial charge in [0.15, 0.2) is 6.61 Å². The van der Waals surface area contributed by atoms with Gasteiger partial charge >= 0.3 is 5.63 Å². The number of rotatable bonds is 3. The van der Waals surface area contributed by atoms with E-state index in [-0.39, 0.29) is 24.1 Å². The van der Waals surface area contributed by atoms with Crippen molar-refractivity contribution in [3.05, 3.63) is 39.2 Å². The number of nitrogens with zero attached hydrogens (tertiary/aromatic N) is 1. The second-order valence-corrected chi connectivity index (χ2v) is 9.54. The average molecular weight is 426 g/mol. The van der Waals surface area contributed by atoms with Crippen molar-refractivity contribution in [2.75, 3.05) is 19.7 Å². The first-order chi connectivity index (χ1) is 15.0. The highest BCUT2D eigenvalue weighted by Crippen LogP contribution is 2.40. The number of benzene rings is 1. The quantitative estimate of drug-likeness (QED) is 0.762. The van der Waals surface area contributed by atoms with E-state index in [2.05, 4.69) is 0 Å². The third-order valence-electron chi connectivity index (χ3n) is 7.72. The van der Waals surface area contributed by atoms with Gasteiger partial charge in [0.2, 0.25) is 0 Å². The fourth-order valence-electron chi connectivity index (χ4n) is 5.81. The van der Waals surface area contributed by atoms with Crippen LogP contribution in [0.1, 0.15) is 61.6 Å². The zero-order valence-electron chi connectivity index (χ0n) is 18.2. The summed E-state index contributed by atoms with van der Waals surface area (Å²) in [6.07, 6.45) is 8.47. The monoisotopic (exact) mass is 425 g/mol. The molecule has 0 bridgehead atoms. The minimum absolute atomic E-state index is 0.0489. The number of carbonyl (C=O) groups excluding carboxylic acids is 1. The molecule has 2 aromatic rings. The van der Waals surface area contributed by atoms with Crippen LogP contribution in [0.4, 0.5) is 0 Å². The maximum absolute atomic E-state index is 12.8. The summed E-state index contributed by atoms with van der Waals surface area (Å²) in [7, 11) is 0. The van der Waals surface area contributed by atoms with Gasteiger partial charge in [-0.3, -0.25) is 4.79 Å². The number of carbonyl (C=O) groups is 1. The predicted molar refractivity (Wildman–Crippen MR) is 117 cm³/mol. The fourth-order valence-corrected chi connectivity index (χ4v) is 5.81. The van der Waals surface area contributed by atoms with Gasteiger partial charge in [0.25, 0.3) is 5.91 Å². The van der Waals surface area contributed by atoms with Crippen LogP contribution in [0.3, 0.4) is 0 Å². The van der Waals surface area contributed by atoms with E-state index in [1.807, 2.05) is 24.0 Å². The molecule has 0 radical (unpaired) electrons. The molecule has 6 nitrogen and oxygen atoms in total. The summed E-state index contributed by atoms with van der Waals surface area (Å²) >= 11 is 0. The SMILES string of the molecule is Cc1c(OCC(=O)N2CCC3(O)CCCCC3C2)ccc2c3c(c(=O)oc12)CCCC3. The molecular formula is C25H31NO5. The first-order valence-electron chi connectivity index (χ1n) is 11.7. The molecule has 1 saturated carbocycles. The molecular weight excluding hydrogens is 394 g/mol. The van der Waals surface area contributed by atoms with Crippen LogP contribution in [-0.4, -0.2) is 41.2 Å². The highest BCUT2D eigenvalue weighted by atomic mass is 16.5. The molecule has 5 rings (SSSR count). The maximum Gasteiger partial charge on any atom is 0.339 e. The molecule has 2 heterocycles. The molecule has 0 spiro atoms. The smallest absolute Gasteiger partial charge is 0.339 e. The molecule has 1 saturated heterocycles. The Morgan fingerprint density at radius 1 is 1.19 bits per heavy atom. The van der Waals surface area contributed by atoms with Gasteiger partial charge in [0.1, 0.15) is 11.3 Å². The van der Waals surface area contributed by atoms with Crippen LogP contribution in [-0.2, 0) is 17.6 Å². The molecule has 1 aromatic heterocycles. The van der Waals surface area contributed by atoms with Crippen LogP contribution in [0.5, 0.6) is 5.75 Å². The van der Waals surface area contributed by atoms with E-state index in [1.165, 1.54) is 0 Å². The lowest BCUT2D eigenvalue weighted by Gasteiger charge is -2.47. The van der Waals surface area contributed by atoms with Crippen molar-refractivity contribution in [1.82, 2.24) is 4.90 Å². The number of aliphatic hydroxyl groups is 1. The van der Waals surface area contributed by atoms with Crippen LogP contribution in [0.2, 0.25) is 0 Å². The summed E-state index contributed by atoms with van der Waals surface area (Å²) in [5, 5.41) is 11.8. The highest BCUT2D eigenvalue weighted by molar-refractivity contribution is 5.86. The summed E-state index contributed by atoms with van der Waals surface area (Å²) in [6.45, 7) is 3.01. The molecule has 2 aliphatic carbocycles. The van der Waals surface area contributed by atoms with Crippen LogP contribution in [0, 0.1) is 12.8 Å². The molecule has 1 aliphatic heterocycles. The number of hydrogen-bond acceptors (Lipinski definition) is 5. The van der Waals surface area contributed by atoms with Gasteiger partial charge in [-0.2, -0.15) is 0 Å². The van der Waals surface area contributed by atoms with E-state index in [0.717, 1.165) is 73.4 Å². The fraction of sp³-hybridized carbons (Fsp3) is 0.600. The van der Waals surface area contributed by atoms with Crippen molar-refractivity contribution in [3.63, 3.8) is 0 Å². The Morgan fingerprint density at radius 2 is 2.00 bits per heavy atom. The Bertz CT molecular complexity index is 1070. The van der Waals surface area contributed by atoms with Crippen molar-refractivity contribution in [3.8, 4) is 5.75 Å². The second kappa shape index (κ2) is 7.97. The normalized spacial score (nSPS) is 25.7. The molecule has 166 valence electrons. The number of hydrogen-bond donors (Lipinski definition) is 1. The molecule has 6 heteroatoms. The number of piperidine rings is 1. The van der Waals surface area contributed by atoms with E-state index >= 15 is 0 Å². The van der Waals surface area contributed by atoms with Crippen LogP contribution in [0.15, 0.2) is 21.3 Å². The number of aryl methyl sites for hydroxylation is 2. The molecule has 2 unspecified atom stereocenters. The molecule has 3 aliphatic rings. The van der Waals surface area contributed by atoms with Gasteiger partial charge in [0.05, 0.1) is 5.60 Å². The Morgan fingerprint density at radius 3 is 2.84 bits per heavy atom. The molecule has 1 N–H and O–H groups in total. The lowest BCUT2D eigenvalue weighted by molar-refractivity contribution is -0.145. The Kier molecular flexibility index (Phi) is 5.29. The summed E-state index contributed by atoms with van der Waals surface area (Å²) in [5.41, 5.74) is 2.41. The average Bonchev–Trinajstić information content (AvgIpc) is 2.78. The van der Waals surface area contributed by atoms with Crippen molar-refractivity contribution in [2.45, 2.75) is 70.3 Å². The van der Waals surface area contributed by atoms with Gasteiger partial charge in [0, 0.05) is 35.5 Å². The van der Waals surface area contributed by atoms with Gasteiger partial charge in [-0.15, -0.1) is 0 Å². The van der Waals surface area contributed by atoms with Crippen LogP contribution in [0.25, 0.3) is 11.0 Å². The molecule has 1 amide bonds. The molecule has 31 heavy (non-hydrogen) atoms. The van der Waals surface area contributed by atoms with Gasteiger partial charge < -0.3 is 19.2 Å². The zero-order chi connectivity index (χ0) is 21.6. The Balaban J connectivity index is 1.31. The maximum atomic E-state index is 12.8. The zero-order valence-corrected chi connectivity index (χ0v) is 18.2. The van der Waals surface area contributed by atoms with Gasteiger partial charge in [-0.05, 0) is 69.6 Å². The van der Waals surface area contributed by atoms with Crippen molar-refractivity contribution in [2.24, 2.45) is 5.92 Å². The minimum Gasteiger partial charge on any atom is -0.483 e. The summed E-state index contributed by atoms with van der Waals surface area (Å²) < 4.78 is 11.6. The number of ether oxygens (including phenoxy) is 1. The first-order valence-corrected chi connectivity index (χ1v) is 11.7. The second-order valence-electron chi connectivity index (χ2n) is 9.54. The number of fused-ring (bicyclic) bond motifs is 4. The largest absolute Gasteiger partial charge is 0.483 e. The van der Waals surface area contributed by atoms with Crippen LogP contribution < -0.4 is 10.4 Å². The van der Waals surface area contributed by atoms with Crippen molar-refractivity contribution in [1.29, 1.82) is 0 Å². The van der Waals surface area contributed by atoms with Crippen molar-refractivity contribution < 1.29 is 19.1 Å². The molecule has 1 aromatic carbocycles. The first kappa shape index (κ1) is 20.6. The number of likely N-dealkylation sites (tertiary alicyclic amines) is 1. The van der Waals surface area contributed by atoms with Gasteiger partial charge in [-0.25, -0.2) is 4.79 Å². The number of amides is 1. The third kappa shape index (κ3) is 3.65. The standard InChI is InChI=1S/C25H31NO5/c1-16-21(10-9-19-18-7-2-3-8-20(18)24(28)31-23(16)19)30-15-22(27)26-13-12-25(29)11-5-4-6-17(25)14-26/h9-10,17,29H,2-8,11-15H2,1H3. The molecule has 2 atom stereocenters. The summed E-state index contributed by atoms with van der Waals surface area (Å²) in [4.78, 5) is 27.1. The lowest BCUT2D eigenvalue weighted by atomic mass is 9.71.